The summed E-state index contributed by atoms with van der Waals surface area (Å²) in [6, 6.07) is 19.6. The van der Waals surface area contributed by atoms with E-state index >= 15 is 0 Å². The van der Waals surface area contributed by atoms with E-state index in [-0.39, 0.29) is 5.97 Å². The highest BCUT2D eigenvalue weighted by molar-refractivity contribution is 5.90. The molecule has 1 aliphatic heterocycles. The number of morpholine rings is 1. The number of aromatic nitrogens is 1. The zero-order valence-corrected chi connectivity index (χ0v) is 17.6. The van der Waals surface area contributed by atoms with Gasteiger partial charge in [0.1, 0.15) is 12.4 Å². The molecule has 3 aromatic rings. The maximum atomic E-state index is 11.7. The summed E-state index contributed by atoms with van der Waals surface area (Å²) in [5.74, 6) is 0.407. The van der Waals surface area contributed by atoms with Crippen molar-refractivity contribution in [1.29, 1.82) is 0 Å². The molecule has 0 radical (unpaired) electrons. The summed E-state index contributed by atoms with van der Waals surface area (Å²) in [5.41, 5.74) is 4.53. The Morgan fingerprint density at radius 1 is 1.00 bits per heavy atom. The van der Waals surface area contributed by atoms with Crippen molar-refractivity contribution >= 4 is 5.97 Å². The quantitative estimate of drug-likeness (QED) is 0.542. The molecular weight excluding hydrogens is 392 g/mol. The lowest BCUT2D eigenvalue weighted by Crippen LogP contribution is -2.35. The molecule has 2 heterocycles. The normalized spacial score (nSPS) is 14.2. The van der Waals surface area contributed by atoms with Crippen molar-refractivity contribution < 1.29 is 19.0 Å². The van der Waals surface area contributed by atoms with Gasteiger partial charge < -0.3 is 14.2 Å². The number of hydrogen-bond donors (Lipinski definition) is 0. The number of esters is 1. The lowest BCUT2D eigenvalue weighted by atomic mass is 10.1. The SMILES string of the molecule is COC(=O)c1ccnc(-c2ccc(OCc3ccc(CN4CCOCC4)cc3)cc2)c1. The smallest absolute Gasteiger partial charge is 0.337 e. The highest BCUT2D eigenvalue weighted by Gasteiger charge is 2.11. The second-order valence-corrected chi connectivity index (χ2v) is 7.44. The molecule has 0 N–H and O–H groups in total. The van der Waals surface area contributed by atoms with Gasteiger partial charge >= 0.3 is 5.97 Å². The predicted octanol–water partition coefficient (Wildman–Crippen LogP) is 3.95. The molecule has 0 saturated carbocycles. The number of ether oxygens (including phenoxy) is 3. The molecule has 4 rings (SSSR count). The number of nitrogens with zero attached hydrogens (tertiary/aromatic N) is 2. The third-order valence-electron chi connectivity index (χ3n) is 5.27. The van der Waals surface area contributed by atoms with Crippen molar-refractivity contribution in [3.8, 4) is 17.0 Å². The van der Waals surface area contributed by atoms with Crippen LogP contribution in [0.5, 0.6) is 5.75 Å². The van der Waals surface area contributed by atoms with Crippen LogP contribution in [0.1, 0.15) is 21.5 Å². The first-order valence-electron chi connectivity index (χ1n) is 10.4. The van der Waals surface area contributed by atoms with E-state index in [0.717, 1.165) is 49.7 Å². The third kappa shape index (κ3) is 5.69. The van der Waals surface area contributed by atoms with Crippen molar-refractivity contribution in [3.63, 3.8) is 0 Å². The number of hydrogen-bond acceptors (Lipinski definition) is 6. The van der Waals surface area contributed by atoms with E-state index in [1.807, 2.05) is 24.3 Å². The summed E-state index contributed by atoms with van der Waals surface area (Å²) >= 11 is 0. The highest BCUT2D eigenvalue weighted by atomic mass is 16.5. The monoisotopic (exact) mass is 418 g/mol. The third-order valence-corrected chi connectivity index (χ3v) is 5.27. The molecule has 1 fully saturated rings. The lowest BCUT2D eigenvalue weighted by Gasteiger charge is -2.26. The van der Waals surface area contributed by atoms with Crippen molar-refractivity contribution in [2.45, 2.75) is 13.2 Å². The summed E-state index contributed by atoms with van der Waals surface area (Å²) in [7, 11) is 1.37. The van der Waals surface area contributed by atoms with Crippen LogP contribution >= 0.6 is 0 Å². The Morgan fingerprint density at radius 2 is 1.71 bits per heavy atom. The Kier molecular flexibility index (Phi) is 6.92. The van der Waals surface area contributed by atoms with E-state index in [4.69, 9.17) is 14.2 Å². The zero-order chi connectivity index (χ0) is 21.5. The van der Waals surface area contributed by atoms with Gasteiger partial charge in [-0.25, -0.2) is 4.79 Å². The van der Waals surface area contributed by atoms with E-state index in [1.165, 1.54) is 12.7 Å². The van der Waals surface area contributed by atoms with Gasteiger partial charge in [0.25, 0.3) is 0 Å². The van der Waals surface area contributed by atoms with Crippen molar-refractivity contribution in [1.82, 2.24) is 9.88 Å². The molecule has 1 saturated heterocycles. The van der Waals surface area contributed by atoms with Gasteiger partial charge in [-0.2, -0.15) is 0 Å². The van der Waals surface area contributed by atoms with Crippen LogP contribution in [0.2, 0.25) is 0 Å². The van der Waals surface area contributed by atoms with E-state index in [0.29, 0.717) is 17.9 Å². The number of benzene rings is 2. The van der Waals surface area contributed by atoms with Crippen LogP contribution in [0.3, 0.4) is 0 Å². The average molecular weight is 418 g/mol. The molecule has 1 aromatic heterocycles. The fourth-order valence-electron chi connectivity index (χ4n) is 3.48. The Hall–Kier alpha value is -3.22. The predicted molar refractivity (Wildman–Crippen MR) is 118 cm³/mol. The molecule has 0 spiro atoms. The highest BCUT2D eigenvalue weighted by Crippen LogP contribution is 2.22. The number of carbonyl (C=O) groups is 1. The molecule has 160 valence electrons. The Labute approximate surface area is 182 Å². The van der Waals surface area contributed by atoms with E-state index in [1.54, 1.807) is 18.3 Å². The second kappa shape index (κ2) is 10.2. The summed E-state index contributed by atoms with van der Waals surface area (Å²) in [4.78, 5) is 18.5. The standard InChI is InChI=1S/C25H26N2O4/c1-29-25(28)22-10-11-26-24(16-22)21-6-8-23(9-7-21)31-18-20-4-2-19(3-5-20)17-27-12-14-30-15-13-27/h2-11,16H,12-15,17-18H2,1H3. The van der Waals surface area contributed by atoms with Gasteiger partial charge in [0.05, 0.1) is 31.6 Å². The van der Waals surface area contributed by atoms with Crippen LogP contribution in [-0.2, 0) is 22.6 Å². The molecule has 0 atom stereocenters. The maximum absolute atomic E-state index is 11.7. The van der Waals surface area contributed by atoms with Gasteiger partial charge in [-0.3, -0.25) is 9.88 Å². The molecule has 1 aliphatic rings. The van der Waals surface area contributed by atoms with Crippen LogP contribution < -0.4 is 4.74 Å². The van der Waals surface area contributed by atoms with Crippen LogP contribution in [0.15, 0.2) is 66.9 Å². The number of methoxy groups -OCH3 is 1. The van der Waals surface area contributed by atoms with E-state index < -0.39 is 0 Å². The minimum atomic E-state index is -0.375. The first-order chi connectivity index (χ1) is 15.2. The van der Waals surface area contributed by atoms with Crippen LogP contribution in [0.4, 0.5) is 0 Å². The van der Waals surface area contributed by atoms with Crippen molar-refractivity contribution in [2.24, 2.45) is 0 Å². The van der Waals surface area contributed by atoms with Crippen LogP contribution in [0.25, 0.3) is 11.3 Å². The molecule has 0 unspecified atom stereocenters. The summed E-state index contributed by atoms with van der Waals surface area (Å²) < 4.78 is 16.1. The summed E-state index contributed by atoms with van der Waals surface area (Å²) in [6.45, 7) is 5.08. The molecule has 2 aromatic carbocycles. The van der Waals surface area contributed by atoms with Gasteiger partial charge in [0.15, 0.2) is 0 Å². The van der Waals surface area contributed by atoms with E-state index in [2.05, 4.69) is 34.1 Å². The van der Waals surface area contributed by atoms with Gasteiger partial charge in [-0.15, -0.1) is 0 Å². The molecule has 6 nitrogen and oxygen atoms in total. The maximum Gasteiger partial charge on any atom is 0.337 e. The second-order valence-electron chi connectivity index (χ2n) is 7.44. The first-order valence-corrected chi connectivity index (χ1v) is 10.4. The molecule has 31 heavy (non-hydrogen) atoms. The topological polar surface area (TPSA) is 60.9 Å². The Balaban J connectivity index is 1.32. The van der Waals surface area contributed by atoms with Crippen LogP contribution in [0, 0.1) is 0 Å². The Morgan fingerprint density at radius 3 is 2.42 bits per heavy atom. The zero-order valence-electron chi connectivity index (χ0n) is 17.6. The van der Waals surface area contributed by atoms with Gasteiger partial charge in [-0.1, -0.05) is 24.3 Å². The number of rotatable bonds is 7. The number of carbonyl (C=O) groups excluding carboxylic acids is 1. The lowest BCUT2D eigenvalue weighted by molar-refractivity contribution is 0.0342. The minimum absolute atomic E-state index is 0.375. The van der Waals surface area contributed by atoms with Crippen molar-refractivity contribution in [2.75, 3.05) is 33.4 Å². The Bertz CT molecular complexity index is 997. The first kappa shape index (κ1) is 21.0. The van der Waals surface area contributed by atoms with Gasteiger partial charge in [-0.05, 0) is 47.5 Å². The van der Waals surface area contributed by atoms with Crippen LogP contribution in [-0.4, -0.2) is 49.3 Å². The van der Waals surface area contributed by atoms with Gasteiger partial charge in [0, 0.05) is 31.4 Å². The number of pyridine rings is 1. The minimum Gasteiger partial charge on any atom is -0.489 e. The molecular formula is C25H26N2O4. The summed E-state index contributed by atoms with van der Waals surface area (Å²) in [6.07, 6.45) is 1.61. The average Bonchev–Trinajstić information content (AvgIpc) is 2.84. The summed E-state index contributed by atoms with van der Waals surface area (Å²) in [5, 5.41) is 0. The van der Waals surface area contributed by atoms with E-state index in [9.17, 15) is 4.79 Å². The molecule has 6 heteroatoms. The fraction of sp³-hybridized carbons (Fsp3) is 0.280. The molecule has 0 bridgehead atoms. The van der Waals surface area contributed by atoms with Crippen molar-refractivity contribution in [3.05, 3.63) is 83.6 Å². The largest absolute Gasteiger partial charge is 0.489 e. The fourth-order valence-corrected chi connectivity index (χ4v) is 3.48. The molecule has 0 aliphatic carbocycles. The van der Waals surface area contributed by atoms with Gasteiger partial charge in [0.2, 0.25) is 0 Å². The molecule has 0 amide bonds.